The molecule has 2 heterocycles. The highest BCUT2D eigenvalue weighted by Gasteiger charge is 2.13. The first-order valence-electron chi connectivity index (χ1n) is 7.39. The highest BCUT2D eigenvalue weighted by atomic mass is 32.1. The molecule has 0 aliphatic rings. The third-order valence-electron chi connectivity index (χ3n) is 3.16. The minimum Gasteiger partial charge on any atom is -0.339 e. The summed E-state index contributed by atoms with van der Waals surface area (Å²) in [6, 6.07) is 4.59. The van der Waals surface area contributed by atoms with Gasteiger partial charge >= 0.3 is 0 Å². The molecule has 2 aromatic heterocycles. The maximum Gasteiger partial charge on any atom is 0.228 e. The Hall–Kier alpha value is -1.20. The molecule has 0 aliphatic carbocycles. The van der Waals surface area contributed by atoms with Gasteiger partial charge in [0.05, 0.1) is 0 Å². The van der Waals surface area contributed by atoms with Crippen molar-refractivity contribution in [3.8, 4) is 0 Å². The molecule has 1 N–H and O–H groups in total. The van der Waals surface area contributed by atoms with E-state index >= 15 is 0 Å². The molecule has 0 aliphatic heterocycles. The van der Waals surface area contributed by atoms with Crippen molar-refractivity contribution >= 4 is 11.3 Å². The van der Waals surface area contributed by atoms with Crippen molar-refractivity contribution < 1.29 is 4.52 Å². The molecule has 110 valence electrons. The second-order valence-corrected chi connectivity index (χ2v) is 6.04. The van der Waals surface area contributed by atoms with Gasteiger partial charge in [0.25, 0.3) is 0 Å². The minimum absolute atomic E-state index is 0.440. The van der Waals surface area contributed by atoms with E-state index in [0.29, 0.717) is 6.04 Å². The van der Waals surface area contributed by atoms with Crippen molar-refractivity contribution in [2.45, 2.75) is 52.0 Å². The van der Waals surface area contributed by atoms with Gasteiger partial charge in [-0.3, -0.25) is 0 Å². The zero-order valence-corrected chi connectivity index (χ0v) is 13.1. The van der Waals surface area contributed by atoms with Crippen molar-refractivity contribution in [1.29, 1.82) is 0 Å². The summed E-state index contributed by atoms with van der Waals surface area (Å²) in [4.78, 5) is 5.77. The van der Waals surface area contributed by atoms with Crippen molar-refractivity contribution in [3.05, 3.63) is 34.1 Å². The summed E-state index contributed by atoms with van der Waals surface area (Å²) in [6.45, 7) is 5.43. The molecule has 20 heavy (non-hydrogen) atoms. The van der Waals surface area contributed by atoms with Crippen molar-refractivity contribution in [3.63, 3.8) is 0 Å². The van der Waals surface area contributed by atoms with Crippen molar-refractivity contribution in [2.24, 2.45) is 0 Å². The van der Waals surface area contributed by atoms with E-state index in [1.807, 2.05) is 6.07 Å². The summed E-state index contributed by atoms with van der Waals surface area (Å²) in [5, 5.41) is 9.70. The van der Waals surface area contributed by atoms with Gasteiger partial charge < -0.3 is 9.84 Å². The van der Waals surface area contributed by atoms with Gasteiger partial charge in [0.2, 0.25) is 5.89 Å². The average Bonchev–Trinajstić information content (AvgIpc) is 3.09. The molecule has 2 aromatic rings. The smallest absolute Gasteiger partial charge is 0.228 e. The lowest BCUT2D eigenvalue weighted by Gasteiger charge is -2.15. The second-order valence-electron chi connectivity index (χ2n) is 5.00. The van der Waals surface area contributed by atoms with Crippen LogP contribution in [0.3, 0.4) is 0 Å². The fourth-order valence-corrected chi connectivity index (χ4v) is 2.90. The topological polar surface area (TPSA) is 51.0 Å². The van der Waals surface area contributed by atoms with Gasteiger partial charge in [0.15, 0.2) is 5.82 Å². The molecule has 5 heteroatoms. The Morgan fingerprint density at radius 2 is 2.25 bits per heavy atom. The highest BCUT2D eigenvalue weighted by molar-refractivity contribution is 7.09. The standard InChI is InChI=1S/C15H23N3OS/c1-3-6-12(16-8-4-2)10-15-17-14(18-19-15)11-13-7-5-9-20-13/h5,7,9,12,16H,3-4,6,8,10-11H2,1-2H3. The number of aromatic nitrogens is 2. The molecular formula is C15H23N3OS. The Kier molecular flexibility index (Phi) is 6.21. The fraction of sp³-hybridized carbons (Fsp3) is 0.600. The predicted octanol–water partition coefficient (Wildman–Crippen LogP) is 3.43. The van der Waals surface area contributed by atoms with Gasteiger partial charge in [-0.1, -0.05) is 31.5 Å². The van der Waals surface area contributed by atoms with Gasteiger partial charge in [-0.2, -0.15) is 4.98 Å². The van der Waals surface area contributed by atoms with Crippen LogP contribution in [0.5, 0.6) is 0 Å². The number of hydrogen-bond acceptors (Lipinski definition) is 5. The second kappa shape index (κ2) is 8.17. The molecule has 0 spiro atoms. The van der Waals surface area contributed by atoms with E-state index in [2.05, 4.69) is 40.8 Å². The summed E-state index contributed by atoms with van der Waals surface area (Å²) in [7, 11) is 0. The third-order valence-corrected chi connectivity index (χ3v) is 4.04. The van der Waals surface area contributed by atoms with E-state index in [0.717, 1.165) is 50.4 Å². The maximum atomic E-state index is 5.37. The lowest BCUT2D eigenvalue weighted by Crippen LogP contribution is -2.31. The minimum atomic E-state index is 0.440. The van der Waals surface area contributed by atoms with Gasteiger partial charge in [-0.25, -0.2) is 0 Å². The molecule has 0 saturated heterocycles. The quantitative estimate of drug-likeness (QED) is 0.769. The van der Waals surface area contributed by atoms with Gasteiger partial charge in [0.1, 0.15) is 0 Å². The summed E-state index contributed by atoms with van der Waals surface area (Å²) in [6.07, 6.45) is 5.04. The zero-order chi connectivity index (χ0) is 14.2. The maximum absolute atomic E-state index is 5.37. The van der Waals surface area contributed by atoms with Crippen LogP contribution in [0.1, 0.15) is 49.7 Å². The van der Waals surface area contributed by atoms with Gasteiger partial charge in [-0.15, -0.1) is 11.3 Å². The fourth-order valence-electron chi connectivity index (χ4n) is 2.20. The average molecular weight is 293 g/mol. The SMILES string of the molecule is CCCNC(CCC)Cc1nc(Cc2cccs2)no1. The molecule has 0 aromatic carbocycles. The van der Waals surface area contributed by atoms with Crippen LogP contribution in [0.25, 0.3) is 0 Å². The molecule has 2 rings (SSSR count). The van der Waals surface area contributed by atoms with Crippen LogP contribution >= 0.6 is 11.3 Å². The first-order valence-corrected chi connectivity index (χ1v) is 8.27. The van der Waals surface area contributed by atoms with Crippen LogP contribution in [0.4, 0.5) is 0 Å². The van der Waals surface area contributed by atoms with E-state index in [4.69, 9.17) is 4.52 Å². The van der Waals surface area contributed by atoms with Crippen LogP contribution in [0.2, 0.25) is 0 Å². The van der Waals surface area contributed by atoms with E-state index in [1.165, 1.54) is 4.88 Å². The Labute approximate surface area is 124 Å². The Morgan fingerprint density at radius 1 is 1.35 bits per heavy atom. The molecule has 0 amide bonds. The van der Waals surface area contributed by atoms with E-state index in [1.54, 1.807) is 11.3 Å². The first kappa shape index (κ1) is 15.2. The summed E-state index contributed by atoms with van der Waals surface area (Å²) >= 11 is 1.73. The summed E-state index contributed by atoms with van der Waals surface area (Å²) in [5.41, 5.74) is 0. The lowest BCUT2D eigenvalue weighted by molar-refractivity contribution is 0.347. The van der Waals surface area contributed by atoms with E-state index in [9.17, 15) is 0 Å². The number of rotatable bonds is 9. The molecule has 0 saturated carbocycles. The molecule has 0 radical (unpaired) electrons. The third kappa shape index (κ3) is 4.72. The Morgan fingerprint density at radius 3 is 2.95 bits per heavy atom. The van der Waals surface area contributed by atoms with Gasteiger partial charge in [0, 0.05) is 23.8 Å². The van der Waals surface area contributed by atoms with Crippen LogP contribution in [0, 0.1) is 0 Å². The number of nitrogens with zero attached hydrogens (tertiary/aromatic N) is 2. The summed E-state index contributed by atoms with van der Waals surface area (Å²) in [5.74, 6) is 1.53. The summed E-state index contributed by atoms with van der Waals surface area (Å²) < 4.78 is 5.37. The monoisotopic (exact) mass is 293 g/mol. The Bertz CT molecular complexity index is 481. The first-order chi connectivity index (χ1) is 9.81. The normalized spacial score (nSPS) is 12.7. The van der Waals surface area contributed by atoms with Crippen molar-refractivity contribution in [2.75, 3.05) is 6.54 Å². The van der Waals surface area contributed by atoms with Crippen LogP contribution in [-0.2, 0) is 12.8 Å². The Balaban J connectivity index is 1.89. The zero-order valence-electron chi connectivity index (χ0n) is 12.3. The number of nitrogens with one attached hydrogen (secondary N) is 1. The number of thiophene rings is 1. The number of hydrogen-bond donors (Lipinski definition) is 1. The van der Waals surface area contributed by atoms with Gasteiger partial charge in [-0.05, 0) is 30.8 Å². The van der Waals surface area contributed by atoms with E-state index in [-0.39, 0.29) is 0 Å². The van der Waals surface area contributed by atoms with Crippen LogP contribution < -0.4 is 5.32 Å². The van der Waals surface area contributed by atoms with E-state index < -0.39 is 0 Å². The van der Waals surface area contributed by atoms with Crippen LogP contribution in [-0.4, -0.2) is 22.7 Å². The molecule has 0 fully saturated rings. The largest absolute Gasteiger partial charge is 0.339 e. The molecule has 1 unspecified atom stereocenters. The molecule has 4 nitrogen and oxygen atoms in total. The molecular weight excluding hydrogens is 270 g/mol. The molecule has 1 atom stereocenters. The highest BCUT2D eigenvalue weighted by Crippen LogP contribution is 2.13. The predicted molar refractivity (Wildman–Crippen MR) is 82.1 cm³/mol. The lowest BCUT2D eigenvalue weighted by atomic mass is 10.1. The molecule has 0 bridgehead atoms. The van der Waals surface area contributed by atoms with Crippen LogP contribution in [0.15, 0.2) is 22.0 Å². The van der Waals surface area contributed by atoms with Crippen molar-refractivity contribution in [1.82, 2.24) is 15.5 Å².